The maximum atomic E-state index is 15.4. The third-order valence-corrected chi connectivity index (χ3v) is 10.9. The molecule has 20 heteroatoms. The Balaban J connectivity index is 0.00000422. The van der Waals surface area contributed by atoms with Crippen molar-refractivity contribution in [3.05, 3.63) is 136 Å². The van der Waals surface area contributed by atoms with Crippen LogP contribution in [0.1, 0.15) is 53.3 Å². The van der Waals surface area contributed by atoms with E-state index in [9.17, 15) is 19.1 Å². The molecule has 4 heterocycles. The predicted octanol–water partition coefficient (Wildman–Crippen LogP) is 3.36. The lowest BCUT2D eigenvalue weighted by Crippen LogP contribution is -3.00. The first-order chi connectivity index (χ1) is 28.8. The topological polar surface area (TPSA) is 175 Å². The number of rotatable bonds is 16. The Kier molecular flexibility index (Phi) is 17.3. The molecule has 62 heavy (non-hydrogen) atoms. The normalized spacial score (nSPS) is 12.8. The second-order valence-electron chi connectivity index (χ2n) is 14.0. The third kappa shape index (κ3) is 11.6. The fourth-order valence-electron chi connectivity index (χ4n) is 6.46. The van der Waals surface area contributed by atoms with E-state index >= 15 is 4.39 Å². The number of carbonyl (C=O) groups excluding carboxylic acids is 2. The minimum Gasteiger partial charge on any atom is -1.00 e. The highest BCUT2D eigenvalue weighted by Gasteiger charge is 2.43. The van der Waals surface area contributed by atoms with Gasteiger partial charge in [0, 0.05) is 78.6 Å². The highest BCUT2D eigenvalue weighted by molar-refractivity contribution is 7.10. The number of ether oxygens (including phenoxy) is 2. The van der Waals surface area contributed by atoms with Crippen molar-refractivity contribution in [3.63, 3.8) is 0 Å². The zero-order valence-electron chi connectivity index (χ0n) is 34.3. The Morgan fingerprint density at radius 3 is 2.48 bits per heavy atom. The summed E-state index contributed by atoms with van der Waals surface area (Å²) in [7, 11) is 5.04. The average molecular weight is 1000 g/mol. The second kappa shape index (κ2) is 21.9. The van der Waals surface area contributed by atoms with Crippen molar-refractivity contribution in [2.75, 3.05) is 37.9 Å². The molecule has 0 bridgehead atoms. The zero-order valence-corrected chi connectivity index (χ0v) is 38.1. The van der Waals surface area contributed by atoms with Crippen LogP contribution in [-0.2, 0) is 39.6 Å². The van der Waals surface area contributed by atoms with Crippen molar-refractivity contribution in [1.29, 1.82) is 5.26 Å². The number of anilines is 2. The van der Waals surface area contributed by atoms with Gasteiger partial charge in [-0.05, 0) is 49.5 Å². The van der Waals surface area contributed by atoms with E-state index < -0.39 is 41.4 Å². The molecule has 0 aliphatic heterocycles. The van der Waals surface area contributed by atoms with E-state index in [4.69, 9.17) is 19.7 Å². The third-order valence-electron chi connectivity index (χ3n) is 9.82. The number of hydrogen-bond donors (Lipinski definition) is 2. The molecule has 0 aliphatic rings. The first-order valence-corrected chi connectivity index (χ1v) is 19.6. The Morgan fingerprint density at radius 1 is 1.06 bits per heavy atom. The first kappa shape index (κ1) is 49.0. The van der Waals surface area contributed by atoms with Crippen LogP contribution < -0.4 is 38.8 Å². The summed E-state index contributed by atoms with van der Waals surface area (Å²) in [5, 5.41) is 31.1. The molecule has 2 N–H and O–H groups in total. The van der Waals surface area contributed by atoms with Gasteiger partial charge in [0.1, 0.15) is 42.0 Å². The van der Waals surface area contributed by atoms with Crippen molar-refractivity contribution in [3.8, 4) is 17.3 Å². The van der Waals surface area contributed by atoms with Crippen LogP contribution in [0.15, 0.2) is 97.2 Å². The lowest BCUT2D eigenvalue weighted by molar-refractivity contribution is -0.753. The number of likely N-dealkylation sites (N-methyl/N-ethyl adjacent to an activating group) is 1. The smallest absolute Gasteiger partial charge is 0.418 e. The van der Waals surface area contributed by atoms with Crippen LogP contribution in [0.3, 0.4) is 0 Å². The number of hydrogen-bond acceptors (Lipinski definition) is 13. The number of nitrogens with zero attached hydrogens (tertiary/aromatic N) is 9. The van der Waals surface area contributed by atoms with Gasteiger partial charge >= 0.3 is 12.1 Å². The lowest BCUT2D eigenvalue weighted by Gasteiger charge is -2.32. The van der Waals surface area contributed by atoms with Gasteiger partial charge in [0.05, 0.1) is 28.9 Å². The van der Waals surface area contributed by atoms with E-state index in [1.807, 2.05) is 12.1 Å². The maximum absolute atomic E-state index is 15.4. The maximum Gasteiger partial charge on any atom is 0.418 e. The number of pyridine rings is 2. The van der Waals surface area contributed by atoms with Crippen LogP contribution in [-0.4, -0.2) is 74.5 Å². The van der Waals surface area contributed by atoms with Crippen molar-refractivity contribution in [2.45, 2.75) is 51.3 Å². The number of carbonyl (C=O) groups is 2. The number of thiazole rings is 1. The van der Waals surface area contributed by atoms with Gasteiger partial charge in [-0.1, -0.05) is 31.2 Å². The van der Waals surface area contributed by atoms with E-state index in [0.29, 0.717) is 34.2 Å². The van der Waals surface area contributed by atoms with E-state index in [0.717, 1.165) is 29.3 Å². The van der Waals surface area contributed by atoms with E-state index in [-0.39, 0.29) is 67.5 Å². The molecule has 1 unspecified atom stereocenters. The Labute approximate surface area is 384 Å². The molecule has 15 nitrogen and oxygen atoms in total. The summed E-state index contributed by atoms with van der Waals surface area (Å²) < 4.78 is 44.1. The molecule has 0 saturated heterocycles. The van der Waals surface area contributed by atoms with Gasteiger partial charge in [0.25, 0.3) is 6.33 Å². The quantitative estimate of drug-likeness (QED) is 0.0824. The van der Waals surface area contributed by atoms with Crippen LogP contribution in [0, 0.1) is 23.0 Å². The number of aliphatic hydroxyl groups is 1. The van der Waals surface area contributed by atoms with E-state index in [1.54, 1.807) is 80.8 Å². The SMILES string of the molecule is CNc1ncccc1CN(C)CC(=O)OCc1cccnc1N(C)C(=O)OC(C)[n+]1cnn(C[C@](O)(c2cc(F)ccc2F)[C@@H](C)c2nc(-c3ccc(C#N)cc3)cs2)c1.Cl.[I-]. The van der Waals surface area contributed by atoms with Gasteiger partial charge in [-0.25, -0.2) is 28.5 Å². The monoisotopic (exact) mass is 1000 g/mol. The van der Waals surface area contributed by atoms with Gasteiger partial charge < -0.3 is 43.9 Å². The summed E-state index contributed by atoms with van der Waals surface area (Å²) in [6.45, 7) is 3.25. The molecule has 0 radical (unpaired) electrons. The number of benzene rings is 2. The molecular weight excluding hydrogens is 957 g/mol. The number of esters is 1. The molecule has 1 amide bonds. The fourth-order valence-corrected chi connectivity index (χ4v) is 7.43. The molecule has 6 rings (SSSR count). The second-order valence-corrected chi connectivity index (χ2v) is 14.9. The van der Waals surface area contributed by atoms with Crippen LogP contribution >= 0.6 is 23.7 Å². The molecule has 3 atom stereocenters. The summed E-state index contributed by atoms with van der Waals surface area (Å²) in [5.74, 6) is -1.97. The number of nitriles is 1. The Bertz CT molecular complexity index is 2510. The molecular formula is C42H44ClF2IN10O5S. The van der Waals surface area contributed by atoms with Crippen LogP contribution in [0.4, 0.5) is 25.2 Å². The molecule has 2 aromatic carbocycles. The molecule has 0 spiro atoms. The predicted molar refractivity (Wildman–Crippen MR) is 224 cm³/mol. The van der Waals surface area contributed by atoms with Gasteiger partial charge in [0.2, 0.25) is 12.6 Å². The fraction of sp³-hybridized carbons (Fsp3) is 0.286. The van der Waals surface area contributed by atoms with E-state index in [2.05, 4.69) is 26.5 Å². The molecule has 4 aromatic heterocycles. The minimum atomic E-state index is -2.06. The highest BCUT2D eigenvalue weighted by atomic mass is 127. The van der Waals surface area contributed by atoms with E-state index in [1.165, 1.54) is 51.4 Å². The van der Waals surface area contributed by atoms with Crippen molar-refractivity contribution >= 4 is 47.4 Å². The minimum absolute atomic E-state index is 0. The zero-order chi connectivity index (χ0) is 43.0. The number of halogens is 4. The molecule has 0 saturated carbocycles. The summed E-state index contributed by atoms with van der Waals surface area (Å²) in [4.78, 5) is 42.5. The van der Waals surface area contributed by atoms with Crippen LogP contribution in [0.2, 0.25) is 0 Å². The van der Waals surface area contributed by atoms with Gasteiger partial charge in [0.15, 0.2) is 0 Å². The summed E-state index contributed by atoms with van der Waals surface area (Å²) >= 11 is 1.25. The summed E-state index contributed by atoms with van der Waals surface area (Å²) in [6.07, 6.45) is 4.31. The number of nitrogens with one attached hydrogen (secondary N) is 1. The van der Waals surface area contributed by atoms with Crippen LogP contribution in [0.5, 0.6) is 0 Å². The molecule has 326 valence electrons. The largest absolute Gasteiger partial charge is 1.00 e. The Hall–Kier alpha value is -5.66. The van der Waals surface area contributed by atoms with Gasteiger partial charge in [-0.2, -0.15) is 9.83 Å². The molecule has 0 fully saturated rings. The van der Waals surface area contributed by atoms with Crippen molar-refractivity contribution < 1.29 is 61.5 Å². The average Bonchev–Trinajstić information content (AvgIpc) is 3.94. The van der Waals surface area contributed by atoms with Crippen LogP contribution in [0.25, 0.3) is 11.3 Å². The number of aromatic nitrogens is 6. The number of amides is 1. The van der Waals surface area contributed by atoms with Crippen molar-refractivity contribution in [2.24, 2.45) is 0 Å². The molecule has 6 aromatic rings. The lowest BCUT2D eigenvalue weighted by atomic mass is 9.82. The first-order valence-electron chi connectivity index (χ1n) is 18.7. The molecule has 0 aliphatic carbocycles. The van der Waals surface area contributed by atoms with Gasteiger partial charge in [-0.15, -0.1) is 28.4 Å². The standard InChI is InChI=1S/C42H43F2N10O5S.ClH.HI/c1-27(40-50-36(23-60-40)30-12-10-29(19-45)11-13-30)42(57,34-18-33(43)14-15-35(34)44)24-54-26-53(25-49-54)28(2)59-41(56)52(5)39-32(9-7-17-48-39)22-58-37(55)21-51(4)20-31-8-6-16-47-38(31)46-3;;/h6-18,23,25-28,57H,20-22,24H2,1-5H3,(H,46,47);2*1H/q+1;;/p-1/t27-,28?,42+;;/m0../s1. The Morgan fingerprint density at radius 2 is 1.77 bits per heavy atom. The highest BCUT2D eigenvalue weighted by Crippen LogP contribution is 2.41. The van der Waals surface area contributed by atoms with Crippen molar-refractivity contribution in [1.82, 2.24) is 29.6 Å². The summed E-state index contributed by atoms with van der Waals surface area (Å²) in [5.41, 5.74) is 0.869. The summed E-state index contributed by atoms with van der Waals surface area (Å²) in [6, 6.07) is 18.9. The van der Waals surface area contributed by atoms with Gasteiger partial charge in [-0.3, -0.25) is 14.6 Å².